The lowest BCUT2D eigenvalue weighted by molar-refractivity contribution is -0.120. The van der Waals surface area contributed by atoms with Crippen molar-refractivity contribution in [3.8, 4) is 11.1 Å². The lowest BCUT2D eigenvalue weighted by Crippen LogP contribution is -2.26. The van der Waals surface area contributed by atoms with Gasteiger partial charge in [-0.15, -0.1) is 0 Å². The largest absolute Gasteiger partial charge is 0.352 e. The first-order chi connectivity index (χ1) is 14.9. The van der Waals surface area contributed by atoms with Gasteiger partial charge in [-0.3, -0.25) is 14.8 Å². The molecule has 0 aliphatic carbocycles. The van der Waals surface area contributed by atoms with Gasteiger partial charge in [-0.05, 0) is 60.1 Å². The topological polar surface area (TPSA) is 80.9 Å². The fraction of sp³-hybridized carbons (Fsp3) is 0.346. The molecule has 0 spiro atoms. The summed E-state index contributed by atoms with van der Waals surface area (Å²) < 4.78 is 0. The summed E-state index contributed by atoms with van der Waals surface area (Å²) in [7, 11) is 0. The number of benzene rings is 1. The quantitative estimate of drug-likeness (QED) is 0.574. The molecule has 0 saturated heterocycles. The number of nitrogens with two attached hydrogens (primary N) is 1. The van der Waals surface area contributed by atoms with Crippen molar-refractivity contribution in [1.82, 2.24) is 15.3 Å². The average Bonchev–Trinajstić information content (AvgIpc) is 2.75. The van der Waals surface area contributed by atoms with Gasteiger partial charge in [0.2, 0.25) is 5.91 Å². The Kier molecular flexibility index (Phi) is 7.53. The third kappa shape index (κ3) is 5.76. The number of aromatic nitrogens is 2. The summed E-state index contributed by atoms with van der Waals surface area (Å²) in [6.07, 6.45) is 4.61. The lowest BCUT2D eigenvalue weighted by atomic mass is 9.88. The van der Waals surface area contributed by atoms with Crippen molar-refractivity contribution in [2.45, 2.75) is 53.6 Å². The van der Waals surface area contributed by atoms with Gasteiger partial charge in [-0.25, -0.2) is 0 Å². The van der Waals surface area contributed by atoms with Crippen molar-refractivity contribution in [2.75, 3.05) is 0 Å². The summed E-state index contributed by atoms with van der Waals surface area (Å²) in [5.74, 6) is 0.429. The van der Waals surface area contributed by atoms with E-state index in [1.54, 1.807) is 12.4 Å². The first-order valence-corrected chi connectivity index (χ1v) is 10.8. The predicted octanol–water partition coefficient (Wildman–Crippen LogP) is 4.28. The van der Waals surface area contributed by atoms with Crippen LogP contribution in [0, 0.1) is 19.8 Å². The van der Waals surface area contributed by atoms with Crippen LogP contribution in [-0.4, -0.2) is 15.9 Å². The van der Waals surface area contributed by atoms with Crippen molar-refractivity contribution in [3.05, 3.63) is 82.4 Å². The average molecular weight is 417 g/mol. The molecule has 162 valence electrons. The molecule has 0 radical (unpaired) electrons. The van der Waals surface area contributed by atoms with Crippen LogP contribution in [0.1, 0.15) is 47.5 Å². The molecule has 5 nitrogen and oxygen atoms in total. The van der Waals surface area contributed by atoms with E-state index in [9.17, 15) is 4.79 Å². The van der Waals surface area contributed by atoms with Gasteiger partial charge in [0.1, 0.15) is 0 Å². The van der Waals surface area contributed by atoms with Crippen LogP contribution < -0.4 is 11.1 Å². The Morgan fingerprint density at radius 2 is 1.84 bits per heavy atom. The van der Waals surface area contributed by atoms with E-state index >= 15 is 0 Å². The number of amides is 1. The molecule has 0 atom stereocenters. The van der Waals surface area contributed by atoms with Gasteiger partial charge in [0.05, 0.1) is 6.42 Å². The van der Waals surface area contributed by atoms with Crippen LogP contribution in [0.15, 0.2) is 48.8 Å². The SMILES string of the molecule is Cc1ccc(-c2c(CC(=O)NCc3cccnc3)c(C)nc(CC(C)C)c2CN)cc1. The minimum absolute atomic E-state index is 0.0401. The molecule has 2 heterocycles. The fourth-order valence-corrected chi connectivity index (χ4v) is 3.83. The number of carbonyl (C=O) groups excluding carboxylic acids is 1. The number of pyridine rings is 2. The molecule has 2 aromatic heterocycles. The van der Waals surface area contributed by atoms with E-state index in [0.717, 1.165) is 45.6 Å². The number of hydrogen-bond donors (Lipinski definition) is 2. The molecule has 3 N–H and O–H groups in total. The highest BCUT2D eigenvalue weighted by Crippen LogP contribution is 2.33. The van der Waals surface area contributed by atoms with E-state index in [-0.39, 0.29) is 12.3 Å². The van der Waals surface area contributed by atoms with Crippen molar-refractivity contribution >= 4 is 5.91 Å². The molecule has 3 rings (SSSR count). The standard InChI is InChI=1S/C26H32N4O/c1-17(2)12-24-23(14-27)26(21-9-7-18(3)8-10-21)22(19(4)30-24)13-25(31)29-16-20-6-5-11-28-15-20/h5-11,15,17H,12-14,16,27H2,1-4H3,(H,29,31). The van der Waals surface area contributed by atoms with Crippen LogP contribution in [0.2, 0.25) is 0 Å². The summed E-state index contributed by atoms with van der Waals surface area (Å²) >= 11 is 0. The van der Waals surface area contributed by atoms with Crippen LogP contribution in [0.4, 0.5) is 0 Å². The molecule has 3 aromatic rings. The molecule has 1 aromatic carbocycles. The van der Waals surface area contributed by atoms with Crippen LogP contribution >= 0.6 is 0 Å². The number of nitrogens with zero attached hydrogens (tertiary/aromatic N) is 2. The first-order valence-electron chi connectivity index (χ1n) is 10.8. The maximum absolute atomic E-state index is 12.8. The van der Waals surface area contributed by atoms with Crippen molar-refractivity contribution in [3.63, 3.8) is 0 Å². The molecule has 0 saturated carbocycles. The second-order valence-corrected chi connectivity index (χ2v) is 8.46. The minimum atomic E-state index is -0.0401. The van der Waals surface area contributed by atoms with Gasteiger partial charge in [-0.1, -0.05) is 49.7 Å². The zero-order valence-corrected chi connectivity index (χ0v) is 18.9. The Bertz CT molecular complexity index is 1030. The normalized spacial score (nSPS) is 11.0. The maximum Gasteiger partial charge on any atom is 0.224 e. The van der Waals surface area contributed by atoms with Crippen molar-refractivity contribution in [2.24, 2.45) is 11.7 Å². The number of aryl methyl sites for hydroxylation is 2. The summed E-state index contributed by atoms with van der Waals surface area (Å²) in [6, 6.07) is 12.2. The second-order valence-electron chi connectivity index (χ2n) is 8.46. The maximum atomic E-state index is 12.8. The third-order valence-corrected chi connectivity index (χ3v) is 5.39. The number of nitrogens with one attached hydrogen (secondary N) is 1. The molecule has 0 bridgehead atoms. The minimum Gasteiger partial charge on any atom is -0.352 e. The summed E-state index contributed by atoms with van der Waals surface area (Å²) in [5, 5.41) is 3.01. The van der Waals surface area contributed by atoms with Gasteiger partial charge in [0, 0.05) is 36.9 Å². The Hall–Kier alpha value is -3.05. The van der Waals surface area contributed by atoms with Crippen LogP contribution in [0.5, 0.6) is 0 Å². The third-order valence-electron chi connectivity index (χ3n) is 5.39. The van der Waals surface area contributed by atoms with Crippen molar-refractivity contribution in [1.29, 1.82) is 0 Å². The van der Waals surface area contributed by atoms with E-state index < -0.39 is 0 Å². The Balaban J connectivity index is 1.99. The molecule has 31 heavy (non-hydrogen) atoms. The monoisotopic (exact) mass is 416 g/mol. The van der Waals surface area contributed by atoms with Crippen LogP contribution in [0.25, 0.3) is 11.1 Å². The molecular formula is C26H32N4O. The highest BCUT2D eigenvalue weighted by atomic mass is 16.1. The fourth-order valence-electron chi connectivity index (χ4n) is 3.83. The van der Waals surface area contributed by atoms with E-state index in [0.29, 0.717) is 19.0 Å². The number of rotatable bonds is 8. The van der Waals surface area contributed by atoms with Crippen LogP contribution in [0.3, 0.4) is 0 Å². The number of carbonyl (C=O) groups is 1. The Morgan fingerprint density at radius 1 is 1.10 bits per heavy atom. The van der Waals surface area contributed by atoms with Crippen molar-refractivity contribution < 1.29 is 4.79 Å². The highest BCUT2D eigenvalue weighted by molar-refractivity contribution is 5.83. The molecule has 0 unspecified atom stereocenters. The molecule has 0 fully saturated rings. The van der Waals surface area contributed by atoms with Gasteiger partial charge in [0.15, 0.2) is 0 Å². The molecule has 0 aliphatic heterocycles. The summed E-state index contributed by atoms with van der Waals surface area (Å²) in [5.41, 5.74) is 14.4. The Morgan fingerprint density at radius 3 is 2.45 bits per heavy atom. The predicted molar refractivity (Wildman–Crippen MR) is 125 cm³/mol. The first kappa shape index (κ1) is 22.6. The lowest BCUT2D eigenvalue weighted by Gasteiger charge is -2.21. The number of hydrogen-bond acceptors (Lipinski definition) is 4. The summed E-state index contributed by atoms with van der Waals surface area (Å²) in [6.45, 7) is 9.27. The molecule has 1 amide bonds. The summed E-state index contributed by atoms with van der Waals surface area (Å²) in [4.78, 5) is 21.8. The Labute approximate surface area is 185 Å². The highest BCUT2D eigenvalue weighted by Gasteiger charge is 2.21. The zero-order valence-electron chi connectivity index (χ0n) is 18.9. The van der Waals surface area contributed by atoms with E-state index in [4.69, 9.17) is 10.7 Å². The second kappa shape index (κ2) is 10.3. The van der Waals surface area contributed by atoms with Gasteiger partial charge in [-0.2, -0.15) is 0 Å². The molecular weight excluding hydrogens is 384 g/mol. The molecule has 0 aliphatic rings. The van der Waals surface area contributed by atoms with Crippen LogP contribution in [-0.2, 0) is 30.7 Å². The van der Waals surface area contributed by atoms with E-state index in [1.165, 1.54) is 5.56 Å². The molecule has 5 heteroatoms. The zero-order chi connectivity index (χ0) is 22.4. The van der Waals surface area contributed by atoms with E-state index in [1.807, 2.05) is 19.1 Å². The van der Waals surface area contributed by atoms with Gasteiger partial charge >= 0.3 is 0 Å². The van der Waals surface area contributed by atoms with Gasteiger partial charge < -0.3 is 11.1 Å². The van der Waals surface area contributed by atoms with E-state index in [2.05, 4.69) is 55.3 Å². The van der Waals surface area contributed by atoms with Gasteiger partial charge in [0.25, 0.3) is 0 Å². The smallest absolute Gasteiger partial charge is 0.224 e.